The van der Waals surface area contributed by atoms with Crippen molar-refractivity contribution in [1.29, 1.82) is 0 Å². The van der Waals surface area contributed by atoms with Crippen LogP contribution in [0.3, 0.4) is 0 Å². The second-order valence-electron chi connectivity index (χ2n) is 5.34. The van der Waals surface area contributed by atoms with Crippen LogP contribution in [0, 0.1) is 0 Å². The maximum absolute atomic E-state index is 5.90. The number of fused-ring (bicyclic) bond motifs is 1. The van der Waals surface area contributed by atoms with E-state index in [4.69, 9.17) is 4.42 Å². The Kier molecular flexibility index (Phi) is 3.91. The van der Waals surface area contributed by atoms with E-state index in [1.54, 1.807) is 0 Å². The van der Waals surface area contributed by atoms with E-state index in [0.29, 0.717) is 0 Å². The summed E-state index contributed by atoms with van der Waals surface area (Å²) in [6.45, 7) is 2.97. The Labute approximate surface area is 122 Å². The number of benzene rings is 1. The average molecular weight is 323 g/mol. The molecule has 0 bridgehead atoms. The van der Waals surface area contributed by atoms with Crippen molar-refractivity contribution in [2.45, 2.75) is 25.4 Å². The van der Waals surface area contributed by atoms with Crippen LogP contribution in [-0.4, -0.2) is 31.1 Å². The molecule has 1 aliphatic carbocycles. The van der Waals surface area contributed by atoms with Crippen molar-refractivity contribution < 1.29 is 4.42 Å². The minimum atomic E-state index is 0.788. The Balaban J connectivity index is 1.58. The lowest BCUT2D eigenvalue weighted by Crippen LogP contribution is -2.29. The van der Waals surface area contributed by atoms with Crippen LogP contribution in [0.2, 0.25) is 0 Å². The number of furan rings is 1. The Hall–Kier alpha value is -0.840. The van der Waals surface area contributed by atoms with Gasteiger partial charge in [-0.25, -0.2) is 0 Å². The highest BCUT2D eigenvalue weighted by Crippen LogP contribution is 2.27. The summed E-state index contributed by atoms with van der Waals surface area (Å²) in [5, 5.41) is 4.69. The van der Waals surface area contributed by atoms with Gasteiger partial charge in [0.15, 0.2) is 0 Å². The molecule has 1 saturated carbocycles. The fraction of sp³-hybridized carbons (Fsp3) is 0.467. The lowest BCUT2D eigenvalue weighted by molar-refractivity contribution is 0.297. The quantitative estimate of drug-likeness (QED) is 0.883. The molecule has 1 aliphatic rings. The monoisotopic (exact) mass is 322 g/mol. The van der Waals surface area contributed by atoms with Gasteiger partial charge in [-0.3, -0.25) is 4.90 Å². The predicted octanol–water partition coefficient (Wildman–Crippen LogP) is 3.38. The van der Waals surface area contributed by atoms with Crippen LogP contribution in [0.1, 0.15) is 18.6 Å². The lowest BCUT2D eigenvalue weighted by atomic mass is 10.2. The maximum atomic E-state index is 5.90. The molecule has 0 aliphatic heterocycles. The van der Waals surface area contributed by atoms with Crippen molar-refractivity contribution in [3.8, 4) is 0 Å². The summed E-state index contributed by atoms with van der Waals surface area (Å²) in [6.07, 6.45) is 2.70. The number of para-hydroxylation sites is 1. The van der Waals surface area contributed by atoms with Gasteiger partial charge in [0.25, 0.3) is 0 Å². The number of likely N-dealkylation sites (N-methyl/N-ethyl adjacent to an activating group) is 1. The van der Waals surface area contributed by atoms with E-state index in [2.05, 4.69) is 45.3 Å². The fourth-order valence-corrected chi connectivity index (χ4v) is 2.71. The van der Waals surface area contributed by atoms with Crippen molar-refractivity contribution in [3.63, 3.8) is 0 Å². The van der Waals surface area contributed by atoms with Crippen LogP contribution in [0.25, 0.3) is 11.0 Å². The van der Waals surface area contributed by atoms with Gasteiger partial charge in [0.2, 0.25) is 0 Å². The number of hydrogen-bond donors (Lipinski definition) is 1. The van der Waals surface area contributed by atoms with E-state index in [1.165, 1.54) is 12.8 Å². The van der Waals surface area contributed by atoms with Gasteiger partial charge >= 0.3 is 0 Å². The average Bonchev–Trinajstić information content (AvgIpc) is 3.09. The molecule has 3 rings (SSSR count). The van der Waals surface area contributed by atoms with Gasteiger partial charge in [0, 0.05) is 24.5 Å². The molecule has 102 valence electrons. The number of halogens is 1. The summed E-state index contributed by atoms with van der Waals surface area (Å²) < 4.78 is 6.92. The number of nitrogens with zero attached hydrogens (tertiary/aromatic N) is 1. The molecule has 0 saturated heterocycles. The Morgan fingerprint density at radius 3 is 3.00 bits per heavy atom. The first-order valence-electron chi connectivity index (χ1n) is 6.81. The first-order valence-corrected chi connectivity index (χ1v) is 7.60. The summed E-state index contributed by atoms with van der Waals surface area (Å²) in [7, 11) is 2.14. The number of rotatable bonds is 6. The highest BCUT2D eigenvalue weighted by atomic mass is 79.9. The predicted molar refractivity (Wildman–Crippen MR) is 81.3 cm³/mol. The summed E-state index contributed by atoms with van der Waals surface area (Å²) in [5.41, 5.74) is 0.946. The minimum absolute atomic E-state index is 0.788. The molecule has 0 unspecified atom stereocenters. The van der Waals surface area contributed by atoms with Gasteiger partial charge in [-0.15, -0.1) is 0 Å². The normalized spacial score (nSPS) is 15.5. The maximum Gasteiger partial charge on any atom is 0.148 e. The summed E-state index contributed by atoms with van der Waals surface area (Å²) in [4.78, 5) is 2.29. The lowest BCUT2D eigenvalue weighted by Gasteiger charge is -2.15. The third-order valence-electron chi connectivity index (χ3n) is 3.48. The molecule has 1 aromatic carbocycles. The van der Waals surface area contributed by atoms with Crippen molar-refractivity contribution in [2.75, 3.05) is 20.1 Å². The molecule has 3 nitrogen and oxygen atoms in total. The molecular formula is C15H19BrN2O. The summed E-state index contributed by atoms with van der Waals surface area (Å²) in [6, 6.07) is 9.05. The van der Waals surface area contributed by atoms with Crippen molar-refractivity contribution in [2.24, 2.45) is 0 Å². The Bertz CT molecular complexity index is 562. The molecule has 19 heavy (non-hydrogen) atoms. The van der Waals surface area contributed by atoms with E-state index in [-0.39, 0.29) is 0 Å². The van der Waals surface area contributed by atoms with Crippen LogP contribution in [0.4, 0.5) is 0 Å². The molecule has 0 atom stereocenters. The molecular weight excluding hydrogens is 304 g/mol. The van der Waals surface area contributed by atoms with Crippen LogP contribution in [0.15, 0.2) is 33.2 Å². The molecule has 0 spiro atoms. The molecule has 1 N–H and O–H groups in total. The first-order chi connectivity index (χ1) is 9.22. The van der Waals surface area contributed by atoms with Gasteiger partial charge in [0.1, 0.15) is 11.3 Å². The molecule has 0 radical (unpaired) electrons. The van der Waals surface area contributed by atoms with Crippen LogP contribution in [0.5, 0.6) is 0 Å². The largest absolute Gasteiger partial charge is 0.459 e. The van der Waals surface area contributed by atoms with E-state index >= 15 is 0 Å². The van der Waals surface area contributed by atoms with Crippen LogP contribution < -0.4 is 5.32 Å². The van der Waals surface area contributed by atoms with Crippen LogP contribution >= 0.6 is 15.9 Å². The van der Waals surface area contributed by atoms with Gasteiger partial charge in [-0.2, -0.15) is 0 Å². The molecule has 0 amide bonds. The topological polar surface area (TPSA) is 28.4 Å². The van der Waals surface area contributed by atoms with E-state index in [1.807, 2.05) is 12.1 Å². The third-order valence-corrected chi connectivity index (χ3v) is 4.10. The van der Waals surface area contributed by atoms with Gasteiger partial charge in [-0.05, 0) is 48.0 Å². The van der Waals surface area contributed by atoms with Crippen molar-refractivity contribution in [1.82, 2.24) is 10.2 Å². The Morgan fingerprint density at radius 1 is 1.42 bits per heavy atom. The molecule has 2 aromatic rings. The van der Waals surface area contributed by atoms with Gasteiger partial charge < -0.3 is 9.73 Å². The van der Waals surface area contributed by atoms with Crippen LogP contribution in [-0.2, 0) is 6.54 Å². The highest BCUT2D eigenvalue weighted by molar-refractivity contribution is 9.10. The van der Waals surface area contributed by atoms with Gasteiger partial charge in [0.05, 0.1) is 11.0 Å². The van der Waals surface area contributed by atoms with E-state index < -0.39 is 0 Å². The zero-order valence-corrected chi connectivity index (χ0v) is 12.7. The number of hydrogen-bond acceptors (Lipinski definition) is 3. The second-order valence-corrected chi connectivity index (χ2v) is 6.19. The zero-order chi connectivity index (χ0) is 13.2. The SMILES string of the molecule is CN(CCNC1CC1)Cc1cc2cccc(Br)c2o1. The molecule has 1 aromatic heterocycles. The Morgan fingerprint density at radius 2 is 2.26 bits per heavy atom. The van der Waals surface area contributed by atoms with Crippen molar-refractivity contribution >= 4 is 26.9 Å². The summed E-state index contributed by atoms with van der Waals surface area (Å²) >= 11 is 3.52. The highest BCUT2D eigenvalue weighted by Gasteiger charge is 2.19. The van der Waals surface area contributed by atoms with Gasteiger partial charge in [-0.1, -0.05) is 12.1 Å². The third kappa shape index (κ3) is 3.38. The summed E-state index contributed by atoms with van der Waals surface area (Å²) in [5.74, 6) is 1.02. The fourth-order valence-electron chi connectivity index (χ4n) is 2.25. The zero-order valence-electron chi connectivity index (χ0n) is 11.2. The minimum Gasteiger partial charge on any atom is -0.459 e. The molecule has 1 heterocycles. The van der Waals surface area contributed by atoms with E-state index in [9.17, 15) is 0 Å². The molecule has 4 heteroatoms. The molecule has 1 fully saturated rings. The standard InChI is InChI=1S/C15H19BrN2O/c1-18(8-7-17-12-5-6-12)10-13-9-11-3-2-4-14(16)15(11)19-13/h2-4,9,12,17H,5-8,10H2,1H3. The van der Waals surface area contributed by atoms with Crippen molar-refractivity contribution in [3.05, 3.63) is 34.5 Å². The second kappa shape index (κ2) is 5.65. The van der Waals surface area contributed by atoms with E-state index in [0.717, 1.165) is 46.9 Å². The first kappa shape index (κ1) is 13.2. The smallest absolute Gasteiger partial charge is 0.148 e. The number of nitrogens with one attached hydrogen (secondary N) is 1.